The van der Waals surface area contributed by atoms with E-state index in [9.17, 15) is 23.3 Å². The van der Waals surface area contributed by atoms with E-state index >= 15 is 0 Å². The molecule has 1 aromatic carbocycles. The van der Waals surface area contributed by atoms with Crippen LogP contribution in [0.15, 0.2) is 23.1 Å². The van der Waals surface area contributed by atoms with Gasteiger partial charge in [0.2, 0.25) is 10.0 Å². The van der Waals surface area contributed by atoms with E-state index in [1.54, 1.807) is 13.8 Å². The first-order chi connectivity index (χ1) is 14.6. The highest BCUT2D eigenvalue weighted by Gasteiger charge is 2.35. The van der Waals surface area contributed by atoms with Crippen molar-refractivity contribution < 1.29 is 22.7 Å². The van der Waals surface area contributed by atoms with E-state index in [0.717, 1.165) is 25.3 Å². The van der Waals surface area contributed by atoms with E-state index < -0.39 is 33.5 Å². The van der Waals surface area contributed by atoms with Gasteiger partial charge in [-0.05, 0) is 38.0 Å². The molecule has 170 valence electrons. The van der Waals surface area contributed by atoms with E-state index in [1.807, 2.05) is 0 Å². The van der Waals surface area contributed by atoms with Gasteiger partial charge >= 0.3 is 5.97 Å². The Morgan fingerprint density at radius 3 is 2.42 bits per heavy atom. The second-order valence-corrected chi connectivity index (χ2v) is 9.84. The van der Waals surface area contributed by atoms with Crippen molar-refractivity contribution in [2.45, 2.75) is 69.4 Å². The number of nitrogens with one attached hydrogen (secondary N) is 1. The quantitative estimate of drug-likeness (QED) is 0.584. The van der Waals surface area contributed by atoms with Crippen LogP contribution in [0.4, 0.5) is 0 Å². The standard InChI is InChI=1S/C21H28ClN3O5S/c1-4-25(5-2)31(28,29)18-13-16(9-10-17(18)22)20(27)30-15(3)19(26)24-21(14-23)11-7-6-8-12-21/h9-10,13,15H,4-8,11-12H2,1-3H3,(H,24,26). The van der Waals surface area contributed by atoms with E-state index in [0.29, 0.717) is 12.8 Å². The third-order valence-electron chi connectivity index (χ3n) is 5.43. The van der Waals surface area contributed by atoms with Gasteiger partial charge in [0.1, 0.15) is 10.4 Å². The first-order valence-electron chi connectivity index (χ1n) is 10.3. The number of benzene rings is 1. The van der Waals surface area contributed by atoms with Crippen LogP contribution in [-0.4, -0.2) is 49.3 Å². The maximum absolute atomic E-state index is 12.8. The molecule has 1 atom stereocenters. The molecule has 8 nitrogen and oxygen atoms in total. The smallest absolute Gasteiger partial charge is 0.338 e. The lowest BCUT2D eigenvalue weighted by Crippen LogP contribution is -2.52. The fourth-order valence-electron chi connectivity index (χ4n) is 3.57. The number of carbonyl (C=O) groups excluding carboxylic acids is 2. The monoisotopic (exact) mass is 469 g/mol. The molecule has 1 fully saturated rings. The summed E-state index contributed by atoms with van der Waals surface area (Å²) in [6.07, 6.45) is 2.66. The zero-order valence-corrected chi connectivity index (χ0v) is 19.6. The summed E-state index contributed by atoms with van der Waals surface area (Å²) < 4.78 is 32.1. The van der Waals surface area contributed by atoms with Crippen LogP contribution < -0.4 is 5.32 Å². The van der Waals surface area contributed by atoms with Crippen molar-refractivity contribution in [3.63, 3.8) is 0 Å². The van der Waals surface area contributed by atoms with E-state index in [1.165, 1.54) is 23.4 Å². The molecule has 0 spiro atoms. The predicted octanol–water partition coefficient (Wildman–Crippen LogP) is 3.26. The number of esters is 1. The molecule has 1 unspecified atom stereocenters. The van der Waals surface area contributed by atoms with Crippen molar-refractivity contribution in [3.05, 3.63) is 28.8 Å². The molecule has 1 amide bonds. The molecule has 1 aliphatic rings. The molecule has 1 N–H and O–H groups in total. The van der Waals surface area contributed by atoms with Gasteiger partial charge in [-0.1, -0.05) is 44.7 Å². The number of hydrogen-bond donors (Lipinski definition) is 1. The average molecular weight is 470 g/mol. The number of hydrogen-bond acceptors (Lipinski definition) is 6. The summed E-state index contributed by atoms with van der Waals surface area (Å²) in [7, 11) is -3.89. The van der Waals surface area contributed by atoms with Gasteiger partial charge in [0.15, 0.2) is 6.10 Å². The molecule has 1 aliphatic carbocycles. The SMILES string of the molecule is CCN(CC)S(=O)(=O)c1cc(C(=O)OC(C)C(=O)NC2(C#N)CCCCC2)ccc1Cl. The lowest BCUT2D eigenvalue weighted by Gasteiger charge is -2.32. The van der Waals surface area contributed by atoms with Gasteiger partial charge in [0, 0.05) is 13.1 Å². The number of nitrogens with zero attached hydrogens (tertiary/aromatic N) is 2. The number of rotatable bonds is 8. The fraction of sp³-hybridized carbons (Fsp3) is 0.571. The molecule has 0 aromatic heterocycles. The summed E-state index contributed by atoms with van der Waals surface area (Å²) >= 11 is 6.09. The molecule has 0 aliphatic heterocycles. The van der Waals surface area contributed by atoms with Crippen LogP contribution in [-0.2, 0) is 19.6 Å². The normalized spacial score (nSPS) is 16.9. The highest BCUT2D eigenvalue weighted by atomic mass is 35.5. The van der Waals surface area contributed by atoms with Gasteiger partial charge in [0.05, 0.1) is 16.7 Å². The van der Waals surface area contributed by atoms with E-state index in [4.69, 9.17) is 16.3 Å². The lowest BCUT2D eigenvalue weighted by molar-refractivity contribution is -0.130. The molecule has 1 saturated carbocycles. The molecule has 0 saturated heterocycles. The topological polar surface area (TPSA) is 117 Å². The number of halogens is 1. The Labute approximate surface area is 188 Å². The Morgan fingerprint density at radius 2 is 1.87 bits per heavy atom. The predicted molar refractivity (Wildman–Crippen MR) is 116 cm³/mol. The van der Waals surface area contributed by atoms with Gasteiger partial charge in [0.25, 0.3) is 5.91 Å². The van der Waals surface area contributed by atoms with E-state index in [-0.39, 0.29) is 28.6 Å². The Hall–Kier alpha value is -2.15. The van der Waals surface area contributed by atoms with Crippen molar-refractivity contribution in [2.75, 3.05) is 13.1 Å². The molecule has 10 heteroatoms. The number of carbonyl (C=O) groups is 2. The van der Waals surface area contributed by atoms with Gasteiger partial charge in [-0.25, -0.2) is 13.2 Å². The minimum Gasteiger partial charge on any atom is -0.449 e. The molecule has 2 rings (SSSR count). The summed E-state index contributed by atoms with van der Waals surface area (Å²) in [5, 5.41) is 12.2. The van der Waals surface area contributed by atoms with Crippen LogP contribution in [0.25, 0.3) is 0 Å². The minimum absolute atomic E-state index is 0.0116. The summed E-state index contributed by atoms with van der Waals surface area (Å²) in [5.41, 5.74) is -0.983. The third kappa shape index (κ3) is 5.76. The van der Waals surface area contributed by atoms with Crippen molar-refractivity contribution >= 4 is 33.5 Å². The molecular formula is C21H28ClN3O5S. The van der Waals surface area contributed by atoms with Crippen LogP contribution in [0.1, 0.15) is 63.2 Å². The van der Waals surface area contributed by atoms with Gasteiger partial charge in [-0.2, -0.15) is 9.57 Å². The third-order valence-corrected chi connectivity index (χ3v) is 7.96. The zero-order chi connectivity index (χ0) is 23.2. The van der Waals surface area contributed by atoms with Crippen molar-refractivity contribution in [3.8, 4) is 6.07 Å². The summed E-state index contributed by atoms with van der Waals surface area (Å²) in [6.45, 7) is 5.31. The Morgan fingerprint density at radius 1 is 1.26 bits per heavy atom. The fourth-order valence-corrected chi connectivity index (χ4v) is 5.53. The highest BCUT2D eigenvalue weighted by molar-refractivity contribution is 7.89. The first kappa shape index (κ1) is 25.1. The Balaban J connectivity index is 2.16. The Bertz CT molecular complexity index is 964. The second-order valence-electron chi connectivity index (χ2n) is 7.53. The van der Waals surface area contributed by atoms with Crippen molar-refractivity contribution in [1.82, 2.24) is 9.62 Å². The van der Waals surface area contributed by atoms with E-state index in [2.05, 4.69) is 11.4 Å². The number of nitriles is 1. The number of ether oxygens (including phenoxy) is 1. The van der Waals surface area contributed by atoms with Crippen molar-refractivity contribution in [2.24, 2.45) is 0 Å². The van der Waals surface area contributed by atoms with Crippen LogP contribution >= 0.6 is 11.6 Å². The first-order valence-corrected chi connectivity index (χ1v) is 12.2. The number of amides is 1. The van der Waals surface area contributed by atoms with Gasteiger partial charge in [-0.15, -0.1) is 0 Å². The van der Waals surface area contributed by atoms with Gasteiger partial charge < -0.3 is 10.1 Å². The van der Waals surface area contributed by atoms with Crippen LogP contribution in [0.2, 0.25) is 5.02 Å². The van der Waals surface area contributed by atoms with Crippen LogP contribution in [0, 0.1) is 11.3 Å². The van der Waals surface area contributed by atoms with Gasteiger partial charge in [-0.3, -0.25) is 4.79 Å². The molecule has 31 heavy (non-hydrogen) atoms. The summed E-state index contributed by atoms with van der Waals surface area (Å²) in [6, 6.07) is 5.99. The molecule has 0 radical (unpaired) electrons. The zero-order valence-electron chi connectivity index (χ0n) is 18.0. The van der Waals surface area contributed by atoms with Crippen molar-refractivity contribution in [1.29, 1.82) is 5.26 Å². The number of sulfonamides is 1. The minimum atomic E-state index is -3.89. The molecule has 1 aromatic rings. The highest BCUT2D eigenvalue weighted by Crippen LogP contribution is 2.28. The molecule has 0 heterocycles. The van der Waals surface area contributed by atoms with Crippen LogP contribution in [0.3, 0.4) is 0 Å². The Kier molecular flexibility index (Phi) is 8.46. The maximum Gasteiger partial charge on any atom is 0.338 e. The molecule has 0 bridgehead atoms. The largest absolute Gasteiger partial charge is 0.449 e. The molecular weight excluding hydrogens is 442 g/mol. The summed E-state index contributed by atoms with van der Waals surface area (Å²) in [5.74, 6) is -1.42. The van der Waals surface area contributed by atoms with Crippen LogP contribution in [0.5, 0.6) is 0 Å². The summed E-state index contributed by atoms with van der Waals surface area (Å²) in [4.78, 5) is 24.9. The average Bonchev–Trinajstić information content (AvgIpc) is 2.75. The maximum atomic E-state index is 12.8. The lowest BCUT2D eigenvalue weighted by atomic mass is 9.83. The second kappa shape index (κ2) is 10.4.